The highest BCUT2D eigenvalue weighted by Gasteiger charge is 2.09. The van der Waals surface area contributed by atoms with Crippen LogP contribution in [0.3, 0.4) is 0 Å². The van der Waals surface area contributed by atoms with Gasteiger partial charge in [-0.3, -0.25) is 9.52 Å². The molecule has 0 heterocycles. The van der Waals surface area contributed by atoms with Crippen LogP contribution in [0.25, 0.3) is 0 Å². The molecule has 0 saturated heterocycles. The SMILES string of the molecule is CS(=O)(=O)Nc1cccc(C(=O)Nc2cccc(C#Cc3ccccc3)c2)c1. The lowest BCUT2D eigenvalue weighted by atomic mass is 10.1. The lowest BCUT2D eigenvalue weighted by molar-refractivity contribution is 0.102. The average molecular weight is 390 g/mol. The van der Waals surface area contributed by atoms with Gasteiger partial charge in [0.05, 0.1) is 6.26 Å². The highest BCUT2D eigenvalue weighted by molar-refractivity contribution is 7.92. The highest BCUT2D eigenvalue weighted by Crippen LogP contribution is 2.15. The summed E-state index contributed by atoms with van der Waals surface area (Å²) in [5.74, 6) is 5.80. The van der Waals surface area contributed by atoms with E-state index in [9.17, 15) is 13.2 Å². The molecule has 0 unspecified atom stereocenters. The van der Waals surface area contributed by atoms with Gasteiger partial charge < -0.3 is 5.32 Å². The molecule has 3 aromatic carbocycles. The Balaban J connectivity index is 1.75. The first-order valence-electron chi connectivity index (χ1n) is 8.45. The molecule has 1 amide bonds. The van der Waals surface area contributed by atoms with E-state index in [0.29, 0.717) is 16.9 Å². The highest BCUT2D eigenvalue weighted by atomic mass is 32.2. The average Bonchev–Trinajstić information content (AvgIpc) is 2.66. The minimum atomic E-state index is -3.41. The molecule has 2 N–H and O–H groups in total. The summed E-state index contributed by atoms with van der Waals surface area (Å²) in [5.41, 5.74) is 2.96. The Labute approximate surface area is 164 Å². The van der Waals surface area contributed by atoms with Gasteiger partial charge in [0.1, 0.15) is 0 Å². The largest absolute Gasteiger partial charge is 0.322 e. The smallest absolute Gasteiger partial charge is 0.255 e. The molecule has 0 aliphatic rings. The first kappa shape index (κ1) is 19.2. The van der Waals surface area contributed by atoms with Crippen molar-refractivity contribution in [1.82, 2.24) is 0 Å². The van der Waals surface area contributed by atoms with Crippen LogP contribution >= 0.6 is 0 Å². The van der Waals surface area contributed by atoms with Gasteiger partial charge in [0.25, 0.3) is 5.91 Å². The third-order valence-electron chi connectivity index (χ3n) is 3.67. The van der Waals surface area contributed by atoms with Crippen molar-refractivity contribution in [3.05, 3.63) is 95.6 Å². The van der Waals surface area contributed by atoms with E-state index in [-0.39, 0.29) is 5.91 Å². The van der Waals surface area contributed by atoms with Crippen molar-refractivity contribution in [3.63, 3.8) is 0 Å². The number of benzene rings is 3. The molecule has 140 valence electrons. The Hall–Kier alpha value is -3.56. The fraction of sp³-hybridized carbons (Fsp3) is 0.0455. The second kappa shape index (κ2) is 8.42. The molecule has 6 heteroatoms. The summed E-state index contributed by atoms with van der Waals surface area (Å²) in [6.45, 7) is 0. The fourth-order valence-corrected chi connectivity index (χ4v) is 3.04. The maximum Gasteiger partial charge on any atom is 0.255 e. The Kier molecular flexibility index (Phi) is 5.78. The first-order chi connectivity index (χ1) is 13.4. The molecule has 0 atom stereocenters. The Morgan fingerprint density at radius 2 is 1.43 bits per heavy atom. The molecular formula is C22H18N2O3S. The third-order valence-corrected chi connectivity index (χ3v) is 4.28. The van der Waals surface area contributed by atoms with Crippen molar-refractivity contribution >= 4 is 27.3 Å². The van der Waals surface area contributed by atoms with E-state index in [1.54, 1.807) is 30.3 Å². The number of amides is 1. The minimum absolute atomic E-state index is 0.331. The van der Waals surface area contributed by atoms with Crippen LogP contribution in [0, 0.1) is 11.8 Å². The summed E-state index contributed by atoms with van der Waals surface area (Å²) in [4.78, 5) is 12.5. The third kappa shape index (κ3) is 5.73. The van der Waals surface area contributed by atoms with Crippen molar-refractivity contribution < 1.29 is 13.2 Å². The summed E-state index contributed by atoms with van der Waals surface area (Å²) in [6, 6.07) is 23.2. The van der Waals surface area contributed by atoms with E-state index >= 15 is 0 Å². The predicted octanol–water partition coefficient (Wildman–Crippen LogP) is 3.71. The maximum absolute atomic E-state index is 12.5. The number of carbonyl (C=O) groups is 1. The molecule has 0 radical (unpaired) electrons. The van der Waals surface area contributed by atoms with Crippen LogP contribution in [0.2, 0.25) is 0 Å². The van der Waals surface area contributed by atoms with Gasteiger partial charge in [-0.2, -0.15) is 0 Å². The van der Waals surface area contributed by atoms with Crippen molar-refractivity contribution in [2.75, 3.05) is 16.3 Å². The standard InChI is InChI=1S/C22H18N2O3S/c1-28(26,27)24-21-12-6-10-19(16-21)22(25)23-20-11-5-9-18(15-20)14-13-17-7-3-2-4-8-17/h2-12,15-16,24H,1H3,(H,23,25). The van der Waals surface area contributed by atoms with Crippen molar-refractivity contribution in [2.24, 2.45) is 0 Å². The molecule has 0 bridgehead atoms. The van der Waals surface area contributed by atoms with Gasteiger partial charge in [0, 0.05) is 28.1 Å². The van der Waals surface area contributed by atoms with Crippen LogP contribution in [0.1, 0.15) is 21.5 Å². The van der Waals surface area contributed by atoms with E-state index in [4.69, 9.17) is 0 Å². The van der Waals surface area contributed by atoms with E-state index in [1.807, 2.05) is 42.5 Å². The van der Waals surface area contributed by atoms with Crippen LogP contribution < -0.4 is 10.0 Å². The van der Waals surface area contributed by atoms with E-state index in [2.05, 4.69) is 21.9 Å². The number of rotatable bonds is 4. The van der Waals surface area contributed by atoms with Gasteiger partial charge in [0.15, 0.2) is 0 Å². The van der Waals surface area contributed by atoms with Gasteiger partial charge in [-0.25, -0.2) is 8.42 Å². The molecule has 0 aliphatic carbocycles. The van der Waals surface area contributed by atoms with Gasteiger partial charge in [-0.15, -0.1) is 0 Å². The number of nitrogens with one attached hydrogen (secondary N) is 2. The summed E-state index contributed by atoms with van der Waals surface area (Å²) in [7, 11) is -3.41. The molecule has 0 spiro atoms. The predicted molar refractivity (Wildman–Crippen MR) is 112 cm³/mol. The zero-order chi connectivity index (χ0) is 20.0. The summed E-state index contributed by atoms with van der Waals surface area (Å²) >= 11 is 0. The van der Waals surface area contributed by atoms with Crippen LogP contribution in [0.5, 0.6) is 0 Å². The quantitative estimate of drug-likeness (QED) is 0.667. The number of carbonyl (C=O) groups excluding carboxylic acids is 1. The van der Waals surface area contributed by atoms with Crippen LogP contribution in [-0.4, -0.2) is 20.6 Å². The molecule has 0 saturated carbocycles. The normalized spacial score (nSPS) is 10.5. The minimum Gasteiger partial charge on any atom is -0.322 e. The summed E-state index contributed by atoms with van der Waals surface area (Å²) in [6.07, 6.45) is 1.06. The van der Waals surface area contributed by atoms with E-state index in [0.717, 1.165) is 17.4 Å². The monoisotopic (exact) mass is 390 g/mol. The van der Waals surface area contributed by atoms with E-state index < -0.39 is 10.0 Å². The van der Waals surface area contributed by atoms with Crippen LogP contribution in [0.15, 0.2) is 78.9 Å². The van der Waals surface area contributed by atoms with Crippen molar-refractivity contribution in [1.29, 1.82) is 0 Å². The summed E-state index contributed by atoms with van der Waals surface area (Å²) < 4.78 is 25.1. The van der Waals surface area contributed by atoms with E-state index in [1.165, 1.54) is 6.07 Å². The number of anilines is 2. The van der Waals surface area contributed by atoms with Gasteiger partial charge >= 0.3 is 0 Å². The van der Waals surface area contributed by atoms with Gasteiger partial charge in [-0.1, -0.05) is 42.2 Å². The maximum atomic E-state index is 12.5. The molecule has 3 aromatic rings. The van der Waals surface area contributed by atoms with Gasteiger partial charge in [0.2, 0.25) is 10.0 Å². The Bertz CT molecular complexity index is 1160. The van der Waals surface area contributed by atoms with Crippen LogP contribution in [-0.2, 0) is 10.0 Å². The molecule has 0 aliphatic heterocycles. The number of hydrogen-bond acceptors (Lipinski definition) is 3. The zero-order valence-electron chi connectivity index (χ0n) is 15.1. The first-order valence-corrected chi connectivity index (χ1v) is 10.3. The van der Waals surface area contributed by atoms with Crippen molar-refractivity contribution in [3.8, 4) is 11.8 Å². The molecule has 28 heavy (non-hydrogen) atoms. The number of sulfonamides is 1. The lowest BCUT2D eigenvalue weighted by Crippen LogP contribution is -2.14. The Morgan fingerprint density at radius 1 is 0.786 bits per heavy atom. The Morgan fingerprint density at radius 3 is 2.18 bits per heavy atom. The molecular weight excluding hydrogens is 372 g/mol. The molecule has 3 rings (SSSR count). The van der Waals surface area contributed by atoms with Crippen molar-refractivity contribution in [2.45, 2.75) is 0 Å². The second-order valence-corrected chi connectivity index (χ2v) is 7.85. The topological polar surface area (TPSA) is 75.3 Å². The summed E-state index contributed by atoms with van der Waals surface area (Å²) in [5, 5.41) is 2.80. The van der Waals surface area contributed by atoms with Crippen LogP contribution in [0.4, 0.5) is 11.4 Å². The molecule has 0 aromatic heterocycles. The van der Waals surface area contributed by atoms with Gasteiger partial charge in [-0.05, 0) is 48.5 Å². The number of hydrogen-bond donors (Lipinski definition) is 2. The lowest BCUT2D eigenvalue weighted by Gasteiger charge is -2.08. The fourth-order valence-electron chi connectivity index (χ4n) is 2.48. The zero-order valence-corrected chi connectivity index (χ0v) is 16.0. The molecule has 0 fully saturated rings. The second-order valence-electron chi connectivity index (χ2n) is 6.11. The molecule has 5 nitrogen and oxygen atoms in total.